The van der Waals surface area contributed by atoms with Crippen LogP contribution in [0.4, 0.5) is 0 Å². The van der Waals surface area contributed by atoms with Gasteiger partial charge in [-0.15, -0.1) is 0 Å². The summed E-state index contributed by atoms with van der Waals surface area (Å²) < 4.78 is 5.49. The van der Waals surface area contributed by atoms with Crippen LogP contribution in [0.25, 0.3) is 0 Å². The van der Waals surface area contributed by atoms with E-state index in [0.717, 1.165) is 18.4 Å². The number of unbranched alkanes of at least 4 members (excludes halogenated alkanes) is 1. The van der Waals surface area contributed by atoms with E-state index in [1.54, 1.807) is 12.3 Å². The van der Waals surface area contributed by atoms with Crippen molar-refractivity contribution < 1.29 is 14.6 Å². The molecule has 1 aromatic heterocycles. The van der Waals surface area contributed by atoms with E-state index in [1.165, 1.54) is 0 Å². The Morgan fingerprint density at radius 1 is 1.37 bits per heavy atom. The lowest BCUT2D eigenvalue weighted by Gasteiger charge is -2.31. The van der Waals surface area contributed by atoms with E-state index >= 15 is 0 Å². The van der Waals surface area contributed by atoms with Crippen LogP contribution >= 0.6 is 0 Å². The van der Waals surface area contributed by atoms with Gasteiger partial charge in [-0.25, -0.2) is 4.98 Å². The highest BCUT2D eigenvalue weighted by atomic mass is 16.5. The third-order valence-corrected chi connectivity index (χ3v) is 3.66. The zero-order valence-corrected chi connectivity index (χ0v) is 11.4. The summed E-state index contributed by atoms with van der Waals surface area (Å²) in [7, 11) is 0. The highest BCUT2D eigenvalue weighted by Crippen LogP contribution is 2.35. The zero-order valence-electron chi connectivity index (χ0n) is 11.4. The Balaban J connectivity index is 1.99. The largest absolute Gasteiger partial charge is 0.478 e. The van der Waals surface area contributed by atoms with Crippen LogP contribution in [-0.2, 0) is 10.4 Å². The van der Waals surface area contributed by atoms with E-state index in [2.05, 4.69) is 11.9 Å². The number of ketones is 1. The van der Waals surface area contributed by atoms with Gasteiger partial charge >= 0.3 is 0 Å². The topological polar surface area (TPSA) is 59.4 Å². The molecule has 1 heterocycles. The number of ether oxygens (including phenoxy) is 1. The molecular weight excluding hydrogens is 242 g/mol. The van der Waals surface area contributed by atoms with Gasteiger partial charge in [0, 0.05) is 30.7 Å². The lowest BCUT2D eigenvalue weighted by atomic mass is 9.80. The first kappa shape index (κ1) is 14.0. The van der Waals surface area contributed by atoms with E-state index in [9.17, 15) is 9.90 Å². The number of aliphatic hydroxyl groups is 1. The van der Waals surface area contributed by atoms with Gasteiger partial charge in [-0.1, -0.05) is 13.3 Å². The number of hydrogen-bond acceptors (Lipinski definition) is 4. The molecule has 4 nitrogen and oxygen atoms in total. The van der Waals surface area contributed by atoms with Crippen LogP contribution < -0.4 is 4.74 Å². The molecule has 0 spiro atoms. The first-order valence-electron chi connectivity index (χ1n) is 6.97. The van der Waals surface area contributed by atoms with Crippen molar-refractivity contribution in [1.82, 2.24) is 4.98 Å². The van der Waals surface area contributed by atoms with Gasteiger partial charge in [0.25, 0.3) is 0 Å². The molecule has 0 radical (unpaired) electrons. The van der Waals surface area contributed by atoms with Crippen LogP contribution in [0.2, 0.25) is 0 Å². The van der Waals surface area contributed by atoms with Crippen LogP contribution in [0, 0.1) is 0 Å². The second kappa shape index (κ2) is 6.15. The highest BCUT2D eigenvalue weighted by molar-refractivity contribution is 5.79. The normalized spacial score (nSPS) is 18.3. The van der Waals surface area contributed by atoms with Gasteiger partial charge in [0.15, 0.2) is 0 Å². The fourth-order valence-corrected chi connectivity index (χ4v) is 2.29. The molecule has 1 aromatic rings. The molecule has 0 aliphatic heterocycles. The predicted octanol–water partition coefficient (Wildman–Crippen LogP) is 2.59. The van der Waals surface area contributed by atoms with Crippen molar-refractivity contribution in [2.24, 2.45) is 0 Å². The first-order chi connectivity index (χ1) is 9.14. The monoisotopic (exact) mass is 263 g/mol. The lowest BCUT2D eigenvalue weighted by molar-refractivity contribution is -0.125. The molecule has 4 heteroatoms. The number of carbonyl (C=O) groups excluding carboxylic acids is 1. The fraction of sp³-hybridized carbons (Fsp3) is 0.600. The smallest absolute Gasteiger partial charge is 0.213 e. The molecule has 0 unspecified atom stereocenters. The third kappa shape index (κ3) is 3.53. The van der Waals surface area contributed by atoms with Crippen LogP contribution in [0.5, 0.6) is 5.88 Å². The number of aromatic nitrogens is 1. The second-order valence-corrected chi connectivity index (χ2v) is 5.16. The maximum atomic E-state index is 11.2. The summed E-state index contributed by atoms with van der Waals surface area (Å²) in [4.78, 5) is 15.5. The van der Waals surface area contributed by atoms with E-state index in [0.29, 0.717) is 38.2 Å². The maximum Gasteiger partial charge on any atom is 0.213 e. The van der Waals surface area contributed by atoms with Crippen LogP contribution in [0.3, 0.4) is 0 Å². The summed E-state index contributed by atoms with van der Waals surface area (Å²) >= 11 is 0. The number of rotatable bonds is 5. The van der Waals surface area contributed by atoms with Gasteiger partial charge in [0.05, 0.1) is 12.2 Å². The van der Waals surface area contributed by atoms with Gasteiger partial charge in [0.1, 0.15) is 5.78 Å². The molecule has 1 aliphatic rings. The molecule has 0 saturated heterocycles. The standard InChI is InChI=1S/C15H21NO3/c1-2-3-10-19-14-5-4-12(11-16-14)15(18)8-6-13(17)7-9-15/h4-5,11,18H,2-3,6-10H2,1H3. The predicted molar refractivity (Wildman–Crippen MR) is 72.0 cm³/mol. The maximum absolute atomic E-state index is 11.2. The second-order valence-electron chi connectivity index (χ2n) is 5.16. The summed E-state index contributed by atoms with van der Waals surface area (Å²) in [6.45, 7) is 2.78. The van der Waals surface area contributed by atoms with E-state index in [1.807, 2.05) is 6.07 Å². The molecule has 2 rings (SSSR count). The van der Waals surface area contributed by atoms with E-state index in [-0.39, 0.29) is 5.78 Å². The molecule has 0 amide bonds. The molecular formula is C15H21NO3. The van der Waals surface area contributed by atoms with Crippen LogP contribution in [0.1, 0.15) is 51.0 Å². The Bertz CT molecular complexity index is 418. The average molecular weight is 263 g/mol. The molecule has 1 aliphatic carbocycles. The quantitative estimate of drug-likeness (QED) is 0.829. The van der Waals surface area contributed by atoms with E-state index in [4.69, 9.17) is 4.74 Å². The molecule has 0 atom stereocenters. The Morgan fingerprint density at radius 2 is 2.11 bits per heavy atom. The summed E-state index contributed by atoms with van der Waals surface area (Å²) in [6, 6.07) is 3.64. The number of hydrogen-bond donors (Lipinski definition) is 1. The van der Waals surface area contributed by atoms with Crippen LogP contribution in [-0.4, -0.2) is 22.5 Å². The molecule has 1 saturated carbocycles. The average Bonchev–Trinajstić information content (AvgIpc) is 2.43. The Kier molecular flexibility index (Phi) is 4.53. The molecule has 104 valence electrons. The van der Waals surface area contributed by atoms with Gasteiger partial charge in [0.2, 0.25) is 5.88 Å². The first-order valence-corrected chi connectivity index (χ1v) is 6.97. The zero-order chi connectivity index (χ0) is 13.7. The minimum absolute atomic E-state index is 0.233. The number of carbonyl (C=O) groups is 1. The Morgan fingerprint density at radius 3 is 2.68 bits per heavy atom. The molecule has 0 bridgehead atoms. The molecule has 1 N–H and O–H groups in total. The van der Waals surface area contributed by atoms with E-state index < -0.39 is 5.60 Å². The minimum Gasteiger partial charge on any atom is -0.478 e. The van der Waals surface area contributed by atoms with Gasteiger partial charge in [-0.3, -0.25) is 4.79 Å². The van der Waals surface area contributed by atoms with Crippen molar-refractivity contribution in [2.75, 3.05) is 6.61 Å². The molecule has 1 fully saturated rings. The summed E-state index contributed by atoms with van der Waals surface area (Å²) in [6.07, 6.45) is 5.64. The van der Waals surface area contributed by atoms with Crippen molar-refractivity contribution in [3.63, 3.8) is 0 Å². The molecule has 0 aromatic carbocycles. The SMILES string of the molecule is CCCCOc1ccc(C2(O)CCC(=O)CC2)cn1. The van der Waals surface area contributed by atoms with Gasteiger partial charge < -0.3 is 9.84 Å². The van der Waals surface area contributed by atoms with Crippen molar-refractivity contribution in [1.29, 1.82) is 0 Å². The van der Waals surface area contributed by atoms with Crippen molar-refractivity contribution in [3.05, 3.63) is 23.9 Å². The van der Waals surface area contributed by atoms with Gasteiger partial charge in [-0.2, -0.15) is 0 Å². The fourth-order valence-electron chi connectivity index (χ4n) is 2.29. The number of pyridine rings is 1. The summed E-state index contributed by atoms with van der Waals surface area (Å²) in [5, 5.41) is 10.5. The summed E-state index contributed by atoms with van der Waals surface area (Å²) in [5.74, 6) is 0.824. The summed E-state index contributed by atoms with van der Waals surface area (Å²) in [5.41, 5.74) is -0.120. The third-order valence-electron chi connectivity index (χ3n) is 3.66. The molecule has 19 heavy (non-hydrogen) atoms. The number of nitrogens with zero attached hydrogens (tertiary/aromatic N) is 1. The Labute approximate surface area is 113 Å². The highest BCUT2D eigenvalue weighted by Gasteiger charge is 2.34. The minimum atomic E-state index is -0.900. The van der Waals surface area contributed by atoms with Crippen LogP contribution in [0.15, 0.2) is 18.3 Å². The lowest BCUT2D eigenvalue weighted by Crippen LogP contribution is -2.31. The van der Waals surface area contributed by atoms with Crippen molar-refractivity contribution in [3.8, 4) is 5.88 Å². The number of Topliss-reactive ketones (excluding diaryl/α,β-unsaturated/α-hetero) is 1. The van der Waals surface area contributed by atoms with Crippen molar-refractivity contribution >= 4 is 5.78 Å². The Hall–Kier alpha value is -1.42. The van der Waals surface area contributed by atoms with Crippen molar-refractivity contribution in [2.45, 2.75) is 51.0 Å². The van der Waals surface area contributed by atoms with Gasteiger partial charge in [-0.05, 0) is 25.3 Å².